The Balaban J connectivity index is 1.96. The highest BCUT2D eigenvalue weighted by molar-refractivity contribution is 5.89. The molecule has 0 amide bonds. The molecular formula is C13H17N7. The molecule has 3 aromatic rings. The van der Waals surface area contributed by atoms with E-state index < -0.39 is 0 Å². The third-order valence-electron chi connectivity index (χ3n) is 3.51. The van der Waals surface area contributed by atoms with Crippen molar-refractivity contribution in [3.05, 3.63) is 29.0 Å². The molecule has 0 fully saturated rings. The maximum absolute atomic E-state index is 4.39. The van der Waals surface area contributed by atoms with Gasteiger partial charge in [-0.15, -0.1) is 0 Å². The second kappa shape index (κ2) is 4.59. The predicted octanol–water partition coefficient (Wildman–Crippen LogP) is 1.62. The molecule has 7 heteroatoms. The fourth-order valence-electron chi connectivity index (χ4n) is 2.42. The first kappa shape index (κ1) is 12.6. The second-order valence-corrected chi connectivity index (χ2v) is 4.90. The molecule has 3 rings (SSSR count). The van der Waals surface area contributed by atoms with Crippen molar-refractivity contribution >= 4 is 16.9 Å². The molecule has 0 saturated heterocycles. The van der Waals surface area contributed by atoms with Gasteiger partial charge in [0, 0.05) is 24.8 Å². The number of fused-ring (bicyclic) bond motifs is 1. The van der Waals surface area contributed by atoms with Crippen LogP contribution in [0.4, 0.5) is 5.82 Å². The molecule has 7 nitrogen and oxygen atoms in total. The van der Waals surface area contributed by atoms with Gasteiger partial charge in [-0.25, -0.2) is 9.97 Å². The Morgan fingerprint density at radius 3 is 2.70 bits per heavy atom. The molecule has 0 aromatic carbocycles. The Morgan fingerprint density at radius 2 is 2.00 bits per heavy atom. The van der Waals surface area contributed by atoms with E-state index in [-0.39, 0.29) is 0 Å². The summed E-state index contributed by atoms with van der Waals surface area (Å²) in [4.78, 5) is 8.61. The largest absolute Gasteiger partial charge is 0.365 e. The van der Waals surface area contributed by atoms with Crippen LogP contribution in [0, 0.1) is 20.8 Å². The molecule has 0 radical (unpaired) electrons. The van der Waals surface area contributed by atoms with E-state index in [1.165, 1.54) is 5.56 Å². The van der Waals surface area contributed by atoms with Crippen molar-refractivity contribution in [3.8, 4) is 0 Å². The summed E-state index contributed by atoms with van der Waals surface area (Å²) in [6.07, 6.45) is 1.56. The first-order valence-corrected chi connectivity index (χ1v) is 6.46. The molecule has 0 atom stereocenters. The van der Waals surface area contributed by atoms with Gasteiger partial charge in [-0.2, -0.15) is 10.2 Å². The van der Waals surface area contributed by atoms with Crippen LogP contribution in [0.25, 0.3) is 11.0 Å². The summed E-state index contributed by atoms with van der Waals surface area (Å²) in [5.41, 5.74) is 5.00. The fourth-order valence-corrected chi connectivity index (χ4v) is 2.42. The van der Waals surface area contributed by atoms with Crippen LogP contribution in [0.1, 0.15) is 22.6 Å². The third kappa shape index (κ3) is 1.91. The lowest BCUT2D eigenvalue weighted by atomic mass is 10.2. The number of H-pyrrole nitrogens is 1. The summed E-state index contributed by atoms with van der Waals surface area (Å²) in [6, 6.07) is 0. The van der Waals surface area contributed by atoms with Crippen LogP contribution in [0.3, 0.4) is 0 Å². The quantitative estimate of drug-likeness (QED) is 0.756. The van der Waals surface area contributed by atoms with Gasteiger partial charge in [0.1, 0.15) is 12.1 Å². The summed E-state index contributed by atoms with van der Waals surface area (Å²) in [5, 5.41) is 15.9. The number of aryl methyl sites for hydroxylation is 4. The van der Waals surface area contributed by atoms with Crippen LogP contribution in [0.15, 0.2) is 6.33 Å². The summed E-state index contributed by atoms with van der Waals surface area (Å²) in [5.74, 6) is 0.806. The summed E-state index contributed by atoms with van der Waals surface area (Å²) in [7, 11) is 1.89. The zero-order chi connectivity index (χ0) is 14.3. The summed E-state index contributed by atoms with van der Waals surface area (Å²) < 4.78 is 1.77. The number of nitrogens with zero attached hydrogens (tertiary/aromatic N) is 5. The molecule has 0 aliphatic rings. The highest BCUT2D eigenvalue weighted by Gasteiger charge is 2.13. The molecule has 0 bridgehead atoms. The number of aromatic nitrogens is 6. The molecule has 0 saturated carbocycles. The van der Waals surface area contributed by atoms with E-state index in [1.54, 1.807) is 11.0 Å². The van der Waals surface area contributed by atoms with Gasteiger partial charge in [0.2, 0.25) is 0 Å². The van der Waals surface area contributed by atoms with E-state index in [0.29, 0.717) is 6.54 Å². The number of rotatable bonds is 3. The van der Waals surface area contributed by atoms with Crippen LogP contribution in [0.5, 0.6) is 0 Å². The number of hydrogen-bond acceptors (Lipinski definition) is 5. The second-order valence-electron chi connectivity index (χ2n) is 4.90. The zero-order valence-electron chi connectivity index (χ0n) is 12.0. The highest BCUT2D eigenvalue weighted by Crippen LogP contribution is 2.23. The van der Waals surface area contributed by atoms with Gasteiger partial charge >= 0.3 is 0 Å². The van der Waals surface area contributed by atoms with E-state index >= 15 is 0 Å². The molecule has 3 heterocycles. The SMILES string of the molecule is Cc1n[nH]c(C)c1CNc1ncnc2c1c(C)nn2C. The van der Waals surface area contributed by atoms with E-state index in [0.717, 1.165) is 33.9 Å². The van der Waals surface area contributed by atoms with E-state index in [2.05, 4.69) is 30.6 Å². The van der Waals surface area contributed by atoms with Crippen molar-refractivity contribution in [2.45, 2.75) is 27.3 Å². The first-order valence-electron chi connectivity index (χ1n) is 6.46. The molecular weight excluding hydrogens is 254 g/mol. The number of hydrogen-bond donors (Lipinski definition) is 2. The van der Waals surface area contributed by atoms with Gasteiger partial charge in [-0.1, -0.05) is 0 Å². The fraction of sp³-hybridized carbons (Fsp3) is 0.385. The molecule has 3 aromatic heterocycles. The molecule has 104 valence electrons. The summed E-state index contributed by atoms with van der Waals surface area (Å²) in [6.45, 7) is 6.65. The molecule has 20 heavy (non-hydrogen) atoms. The van der Waals surface area contributed by atoms with Crippen LogP contribution >= 0.6 is 0 Å². The maximum atomic E-state index is 4.39. The van der Waals surface area contributed by atoms with E-state index in [4.69, 9.17) is 0 Å². The van der Waals surface area contributed by atoms with E-state index in [1.807, 2.05) is 27.8 Å². The normalized spacial score (nSPS) is 11.2. The van der Waals surface area contributed by atoms with Crippen LogP contribution < -0.4 is 5.32 Å². The zero-order valence-corrected chi connectivity index (χ0v) is 12.0. The smallest absolute Gasteiger partial charge is 0.163 e. The molecule has 0 aliphatic carbocycles. The molecule has 0 aliphatic heterocycles. The van der Waals surface area contributed by atoms with Crippen molar-refractivity contribution in [3.63, 3.8) is 0 Å². The van der Waals surface area contributed by atoms with Crippen LogP contribution in [-0.2, 0) is 13.6 Å². The van der Waals surface area contributed by atoms with Gasteiger partial charge in [0.25, 0.3) is 0 Å². The minimum atomic E-state index is 0.675. The predicted molar refractivity (Wildman–Crippen MR) is 76.4 cm³/mol. The Morgan fingerprint density at radius 1 is 1.20 bits per heavy atom. The third-order valence-corrected chi connectivity index (χ3v) is 3.51. The van der Waals surface area contributed by atoms with Gasteiger partial charge in [-0.05, 0) is 20.8 Å². The van der Waals surface area contributed by atoms with E-state index in [9.17, 15) is 0 Å². The Bertz CT molecular complexity index is 749. The van der Waals surface area contributed by atoms with Gasteiger partial charge in [0.15, 0.2) is 5.65 Å². The lowest BCUT2D eigenvalue weighted by molar-refractivity contribution is 0.773. The Labute approximate surface area is 116 Å². The lowest BCUT2D eigenvalue weighted by Crippen LogP contribution is -2.04. The van der Waals surface area contributed by atoms with Gasteiger partial charge < -0.3 is 5.32 Å². The Hall–Kier alpha value is -2.44. The average Bonchev–Trinajstić information content (AvgIpc) is 2.89. The Kier molecular flexibility index (Phi) is 2.89. The van der Waals surface area contributed by atoms with Crippen molar-refractivity contribution in [2.24, 2.45) is 7.05 Å². The first-order chi connectivity index (χ1) is 9.58. The van der Waals surface area contributed by atoms with Crippen molar-refractivity contribution in [1.82, 2.24) is 29.9 Å². The standard InChI is InChI=1S/C13H17N7/c1-7-10(8(2)18-17-7)5-14-12-11-9(3)19-20(4)13(11)16-6-15-12/h6H,5H2,1-4H3,(H,17,18)(H,14,15,16). The topological polar surface area (TPSA) is 84.3 Å². The number of anilines is 1. The number of aromatic amines is 1. The molecule has 0 unspecified atom stereocenters. The van der Waals surface area contributed by atoms with Gasteiger partial charge in [0.05, 0.1) is 16.8 Å². The highest BCUT2D eigenvalue weighted by atomic mass is 15.3. The molecule has 2 N–H and O–H groups in total. The van der Waals surface area contributed by atoms with Gasteiger partial charge in [-0.3, -0.25) is 9.78 Å². The number of nitrogens with one attached hydrogen (secondary N) is 2. The average molecular weight is 271 g/mol. The monoisotopic (exact) mass is 271 g/mol. The minimum absolute atomic E-state index is 0.675. The van der Waals surface area contributed by atoms with Crippen LogP contribution in [0.2, 0.25) is 0 Å². The minimum Gasteiger partial charge on any atom is -0.365 e. The van der Waals surface area contributed by atoms with Crippen molar-refractivity contribution in [2.75, 3.05) is 5.32 Å². The summed E-state index contributed by atoms with van der Waals surface area (Å²) >= 11 is 0. The lowest BCUT2D eigenvalue weighted by Gasteiger charge is -2.07. The maximum Gasteiger partial charge on any atom is 0.163 e. The van der Waals surface area contributed by atoms with Crippen molar-refractivity contribution in [1.29, 1.82) is 0 Å². The molecule has 0 spiro atoms. The van der Waals surface area contributed by atoms with Crippen LogP contribution in [-0.4, -0.2) is 29.9 Å². The van der Waals surface area contributed by atoms with Crippen molar-refractivity contribution < 1.29 is 0 Å².